The van der Waals surface area contributed by atoms with Crippen LogP contribution in [0.2, 0.25) is 0 Å². The maximum Gasteiger partial charge on any atom is 0.335 e. The van der Waals surface area contributed by atoms with Crippen LogP contribution in [-0.2, 0) is 13.4 Å². The number of hydrogen-bond donors (Lipinski definition) is 2. The third kappa shape index (κ3) is 3.38. The van der Waals surface area contributed by atoms with Gasteiger partial charge in [-0.3, -0.25) is 9.13 Å². The fraction of sp³-hybridized carbons (Fsp3) is 1.00. The Morgan fingerprint density at radius 1 is 0.917 bits per heavy atom. The highest BCUT2D eigenvalue weighted by Crippen LogP contribution is 2.60. The van der Waals surface area contributed by atoms with Crippen molar-refractivity contribution in [2.24, 2.45) is 0 Å². The fourth-order valence-corrected chi connectivity index (χ4v) is 4.58. The van der Waals surface area contributed by atoms with E-state index in [4.69, 9.17) is 9.79 Å². The largest absolute Gasteiger partial charge is 0.335 e. The van der Waals surface area contributed by atoms with E-state index in [1.54, 1.807) is 0 Å². The van der Waals surface area contributed by atoms with Gasteiger partial charge in [-0.15, -0.1) is 0 Å². The van der Waals surface area contributed by atoms with Gasteiger partial charge in [0.05, 0.1) is 12.3 Å². The molecular formula is C5H12O5P2. The summed E-state index contributed by atoms with van der Waals surface area (Å²) in [5.74, 6) is 0. The predicted octanol–water partition coefficient (Wildman–Crippen LogP) is 1.56. The van der Waals surface area contributed by atoms with Crippen molar-refractivity contribution in [1.29, 1.82) is 0 Å². The lowest BCUT2D eigenvalue weighted by Crippen LogP contribution is -2.01. The third-order valence-corrected chi connectivity index (χ3v) is 5.44. The molecule has 1 aliphatic rings. The molecule has 2 unspecified atom stereocenters. The second kappa shape index (κ2) is 3.60. The van der Waals surface area contributed by atoms with Gasteiger partial charge in [-0.1, -0.05) is 6.42 Å². The quantitative estimate of drug-likeness (QED) is 0.597. The van der Waals surface area contributed by atoms with Gasteiger partial charge >= 0.3 is 15.2 Å². The Morgan fingerprint density at radius 2 is 1.33 bits per heavy atom. The molecule has 0 bridgehead atoms. The van der Waals surface area contributed by atoms with Gasteiger partial charge in [-0.25, -0.2) is 4.31 Å². The topological polar surface area (TPSA) is 83.8 Å². The van der Waals surface area contributed by atoms with Gasteiger partial charge in [0.1, 0.15) is 0 Å². The van der Waals surface area contributed by atoms with Crippen LogP contribution in [0.3, 0.4) is 0 Å². The molecule has 1 rings (SSSR count). The van der Waals surface area contributed by atoms with E-state index in [0.717, 1.165) is 0 Å². The summed E-state index contributed by atoms with van der Waals surface area (Å²) in [6.07, 6.45) is 1.83. The number of rotatable bonds is 0. The molecular weight excluding hydrogens is 202 g/mol. The zero-order valence-corrected chi connectivity index (χ0v) is 8.34. The van der Waals surface area contributed by atoms with Crippen LogP contribution in [0.1, 0.15) is 19.3 Å². The van der Waals surface area contributed by atoms with Crippen LogP contribution in [0.5, 0.6) is 0 Å². The van der Waals surface area contributed by atoms with Crippen molar-refractivity contribution in [3.63, 3.8) is 0 Å². The summed E-state index contributed by atoms with van der Waals surface area (Å²) >= 11 is 0. The molecule has 2 atom stereocenters. The summed E-state index contributed by atoms with van der Waals surface area (Å²) in [6, 6.07) is 0. The fourth-order valence-electron chi connectivity index (χ4n) is 1.08. The maximum absolute atomic E-state index is 11.0. The lowest BCUT2D eigenvalue weighted by molar-refractivity contribution is 0.326. The summed E-state index contributed by atoms with van der Waals surface area (Å²) in [6.45, 7) is 0. The Bertz CT molecular complexity index is 226. The summed E-state index contributed by atoms with van der Waals surface area (Å²) in [7, 11) is -7.58. The second-order valence-corrected chi connectivity index (χ2v) is 6.96. The summed E-state index contributed by atoms with van der Waals surface area (Å²) in [4.78, 5) is 18.0. The molecule has 0 aliphatic carbocycles. The van der Waals surface area contributed by atoms with Crippen LogP contribution in [0.15, 0.2) is 0 Å². The second-order valence-electron chi connectivity index (χ2n) is 2.86. The van der Waals surface area contributed by atoms with E-state index < -0.39 is 15.2 Å². The molecule has 1 aliphatic heterocycles. The first-order valence-corrected chi connectivity index (χ1v) is 7.29. The van der Waals surface area contributed by atoms with Crippen molar-refractivity contribution >= 4 is 15.2 Å². The van der Waals surface area contributed by atoms with Crippen LogP contribution in [-0.4, -0.2) is 22.1 Å². The molecule has 1 fully saturated rings. The normalized spacial score (nSPS) is 44.8. The molecule has 5 nitrogen and oxygen atoms in total. The van der Waals surface area contributed by atoms with E-state index in [9.17, 15) is 9.13 Å². The lowest BCUT2D eigenvalue weighted by Gasteiger charge is -2.19. The van der Waals surface area contributed by atoms with Gasteiger partial charge in [0.25, 0.3) is 0 Å². The van der Waals surface area contributed by atoms with Gasteiger partial charge in [-0.05, 0) is 12.8 Å². The van der Waals surface area contributed by atoms with Crippen molar-refractivity contribution in [1.82, 2.24) is 0 Å². The summed E-state index contributed by atoms with van der Waals surface area (Å²) < 4.78 is 26.3. The van der Waals surface area contributed by atoms with Gasteiger partial charge in [0.15, 0.2) is 0 Å². The third-order valence-electron chi connectivity index (χ3n) is 1.64. The standard InChI is InChI=1S/C5H12O5P2/c6-11(7)4-2-1-3-5-12(8,9)10-11/h1-5H2,(H,6,7)(H,8,9). The van der Waals surface area contributed by atoms with Crippen molar-refractivity contribution in [3.8, 4) is 0 Å². The van der Waals surface area contributed by atoms with E-state index >= 15 is 0 Å². The zero-order valence-electron chi connectivity index (χ0n) is 6.55. The van der Waals surface area contributed by atoms with Crippen molar-refractivity contribution in [2.75, 3.05) is 12.3 Å². The first-order chi connectivity index (χ1) is 5.41. The van der Waals surface area contributed by atoms with Crippen molar-refractivity contribution < 1.29 is 23.2 Å². The summed E-state index contributed by atoms with van der Waals surface area (Å²) in [5, 5.41) is 0. The molecule has 12 heavy (non-hydrogen) atoms. The Hall–Kier alpha value is 0.340. The average molecular weight is 214 g/mol. The molecule has 0 radical (unpaired) electrons. The zero-order chi connectivity index (χ0) is 9.24. The average Bonchev–Trinajstić information content (AvgIpc) is 1.80. The van der Waals surface area contributed by atoms with Crippen LogP contribution in [0, 0.1) is 0 Å². The highest BCUT2D eigenvalue weighted by atomic mass is 31.3. The van der Waals surface area contributed by atoms with Crippen molar-refractivity contribution in [3.05, 3.63) is 0 Å². The Kier molecular flexibility index (Phi) is 3.13. The molecule has 1 saturated heterocycles. The van der Waals surface area contributed by atoms with Gasteiger partial charge in [-0.2, -0.15) is 0 Å². The smallest absolute Gasteiger partial charge is 0.324 e. The predicted molar refractivity (Wildman–Crippen MR) is 44.3 cm³/mol. The van der Waals surface area contributed by atoms with E-state index in [1.165, 1.54) is 0 Å². The molecule has 0 aromatic heterocycles. The Labute approximate surface area is 70.8 Å². The molecule has 0 aromatic rings. The van der Waals surface area contributed by atoms with Crippen LogP contribution in [0.4, 0.5) is 0 Å². The minimum Gasteiger partial charge on any atom is -0.324 e. The lowest BCUT2D eigenvalue weighted by atomic mass is 10.3. The first kappa shape index (κ1) is 10.4. The minimum atomic E-state index is -3.79. The van der Waals surface area contributed by atoms with E-state index in [2.05, 4.69) is 4.31 Å². The highest BCUT2D eigenvalue weighted by molar-refractivity contribution is 7.66. The summed E-state index contributed by atoms with van der Waals surface area (Å²) in [5.41, 5.74) is 0. The monoisotopic (exact) mass is 214 g/mol. The molecule has 1 heterocycles. The maximum atomic E-state index is 11.0. The van der Waals surface area contributed by atoms with Gasteiger partial charge in [0.2, 0.25) is 0 Å². The van der Waals surface area contributed by atoms with Crippen LogP contribution in [0.25, 0.3) is 0 Å². The van der Waals surface area contributed by atoms with Gasteiger partial charge in [0, 0.05) is 0 Å². The van der Waals surface area contributed by atoms with E-state index in [0.29, 0.717) is 19.3 Å². The molecule has 7 heteroatoms. The SMILES string of the molecule is O=P1(O)CCCCCP(=O)(O)O1. The molecule has 0 spiro atoms. The number of hydrogen-bond acceptors (Lipinski definition) is 3. The van der Waals surface area contributed by atoms with Crippen molar-refractivity contribution in [2.45, 2.75) is 19.3 Å². The van der Waals surface area contributed by atoms with Gasteiger partial charge < -0.3 is 9.79 Å². The minimum absolute atomic E-state index is 0.0163. The van der Waals surface area contributed by atoms with Crippen LogP contribution < -0.4 is 0 Å². The molecule has 0 saturated carbocycles. The highest BCUT2D eigenvalue weighted by Gasteiger charge is 2.32. The first-order valence-electron chi connectivity index (χ1n) is 3.76. The molecule has 72 valence electrons. The van der Waals surface area contributed by atoms with E-state index in [1.807, 2.05) is 0 Å². The molecule has 0 amide bonds. The molecule has 2 N–H and O–H groups in total. The Morgan fingerprint density at radius 3 is 1.75 bits per heavy atom. The molecule has 0 aromatic carbocycles. The van der Waals surface area contributed by atoms with E-state index in [-0.39, 0.29) is 12.3 Å². The van der Waals surface area contributed by atoms with Crippen LogP contribution >= 0.6 is 15.2 Å². The Balaban J connectivity index is 2.71.